The molecule has 0 saturated carbocycles. The van der Waals surface area contributed by atoms with Crippen LogP contribution in [0.15, 0.2) is 40.3 Å². The lowest BCUT2D eigenvalue weighted by atomic mass is 10.1. The smallest absolute Gasteiger partial charge is 0.273 e. The summed E-state index contributed by atoms with van der Waals surface area (Å²) in [5.41, 5.74) is 5.82. The van der Waals surface area contributed by atoms with Crippen LogP contribution in [0.1, 0.15) is 11.3 Å². The first-order valence-corrected chi connectivity index (χ1v) is 6.20. The number of nitriles is 1. The van der Waals surface area contributed by atoms with Crippen LogP contribution < -0.4 is 5.73 Å². The van der Waals surface area contributed by atoms with Crippen molar-refractivity contribution >= 4 is 17.7 Å². The molecule has 7 heteroatoms. The van der Waals surface area contributed by atoms with Crippen molar-refractivity contribution in [1.29, 1.82) is 5.26 Å². The number of amides is 1. The number of nitrogens with zero attached hydrogens (tertiary/aromatic N) is 2. The highest BCUT2D eigenvalue weighted by atomic mass is 16.6. The van der Waals surface area contributed by atoms with Gasteiger partial charge >= 0.3 is 0 Å². The maximum Gasteiger partial charge on any atom is 0.273 e. The summed E-state index contributed by atoms with van der Waals surface area (Å²) in [4.78, 5) is 21.5. The van der Waals surface area contributed by atoms with Crippen molar-refractivity contribution in [3.8, 4) is 17.4 Å². The first-order chi connectivity index (χ1) is 10.4. The molecule has 0 fully saturated rings. The van der Waals surface area contributed by atoms with Crippen molar-refractivity contribution in [2.24, 2.45) is 5.73 Å². The van der Waals surface area contributed by atoms with Gasteiger partial charge in [0.25, 0.3) is 11.6 Å². The van der Waals surface area contributed by atoms with Gasteiger partial charge in [0.2, 0.25) is 0 Å². The second kappa shape index (κ2) is 5.93. The van der Waals surface area contributed by atoms with E-state index >= 15 is 0 Å². The van der Waals surface area contributed by atoms with Crippen molar-refractivity contribution in [3.63, 3.8) is 0 Å². The molecule has 0 unspecified atom stereocenters. The molecule has 1 aromatic carbocycles. The van der Waals surface area contributed by atoms with Gasteiger partial charge in [0.1, 0.15) is 23.2 Å². The molecule has 1 aromatic heterocycles. The summed E-state index contributed by atoms with van der Waals surface area (Å²) in [5, 5.41) is 19.7. The van der Waals surface area contributed by atoms with Gasteiger partial charge in [-0.2, -0.15) is 5.26 Å². The third-order valence-corrected chi connectivity index (χ3v) is 3.07. The molecule has 0 aliphatic heterocycles. The zero-order valence-corrected chi connectivity index (χ0v) is 11.6. The van der Waals surface area contributed by atoms with E-state index in [9.17, 15) is 14.9 Å². The molecule has 2 N–H and O–H groups in total. The van der Waals surface area contributed by atoms with Gasteiger partial charge in [0.05, 0.1) is 4.92 Å². The van der Waals surface area contributed by atoms with Gasteiger partial charge in [-0.25, -0.2) is 0 Å². The number of benzene rings is 1. The summed E-state index contributed by atoms with van der Waals surface area (Å²) < 4.78 is 5.51. The number of nitro groups is 1. The molecular weight excluding hydrogens is 286 g/mol. The lowest BCUT2D eigenvalue weighted by molar-refractivity contribution is -0.385. The summed E-state index contributed by atoms with van der Waals surface area (Å²) in [6.07, 6.45) is 1.22. The minimum atomic E-state index is -0.855. The maximum absolute atomic E-state index is 11.0. The predicted molar refractivity (Wildman–Crippen MR) is 78.3 cm³/mol. The number of carbonyl (C=O) groups excluding carboxylic acids is 1. The van der Waals surface area contributed by atoms with E-state index in [4.69, 9.17) is 15.4 Å². The Kier molecular flexibility index (Phi) is 4.04. The van der Waals surface area contributed by atoms with Gasteiger partial charge in [-0.05, 0) is 19.1 Å². The second-order valence-corrected chi connectivity index (χ2v) is 4.44. The van der Waals surface area contributed by atoms with Crippen molar-refractivity contribution in [3.05, 3.63) is 57.3 Å². The van der Waals surface area contributed by atoms with E-state index in [0.29, 0.717) is 16.9 Å². The molecule has 1 heterocycles. The van der Waals surface area contributed by atoms with Gasteiger partial charge in [-0.3, -0.25) is 14.9 Å². The van der Waals surface area contributed by atoms with E-state index in [1.807, 2.05) is 0 Å². The van der Waals surface area contributed by atoms with Crippen LogP contribution in [0.2, 0.25) is 0 Å². The van der Waals surface area contributed by atoms with E-state index in [1.54, 1.807) is 37.3 Å². The van der Waals surface area contributed by atoms with Crippen molar-refractivity contribution in [2.45, 2.75) is 6.92 Å². The average Bonchev–Trinajstić information content (AvgIpc) is 2.92. The minimum Gasteiger partial charge on any atom is -0.457 e. The largest absolute Gasteiger partial charge is 0.457 e. The van der Waals surface area contributed by atoms with Crippen LogP contribution in [-0.4, -0.2) is 10.8 Å². The molecule has 0 radical (unpaired) electrons. The lowest BCUT2D eigenvalue weighted by Gasteiger charge is -2.03. The summed E-state index contributed by atoms with van der Waals surface area (Å²) in [7, 11) is 0. The van der Waals surface area contributed by atoms with Crippen LogP contribution in [0.4, 0.5) is 5.69 Å². The standard InChI is InChI=1S/C15H11N3O4/c1-9-12(3-2-4-13(9)18(20)21)14-6-5-11(22-14)7-10(8-16)15(17)19/h2-7H,1H3,(H2,17,19). The van der Waals surface area contributed by atoms with Crippen molar-refractivity contribution in [2.75, 3.05) is 0 Å². The van der Waals surface area contributed by atoms with Crippen LogP contribution in [0, 0.1) is 28.4 Å². The van der Waals surface area contributed by atoms with E-state index < -0.39 is 10.8 Å². The fraction of sp³-hybridized carbons (Fsp3) is 0.0667. The van der Waals surface area contributed by atoms with Gasteiger partial charge in [-0.1, -0.05) is 12.1 Å². The Morgan fingerprint density at radius 2 is 2.14 bits per heavy atom. The fourth-order valence-corrected chi connectivity index (χ4v) is 1.96. The molecule has 0 saturated heterocycles. The summed E-state index contributed by atoms with van der Waals surface area (Å²) in [5.74, 6) is -0.197. The van der Waals surface area contributed by atoms with Gasteiger partial charge in [0, 0.05) is 23.3 Å². The van der Waals surface area contributed by atoms with Gasteiger partial charge < -0.3 is 10.2 Å². The highest BCUT2D eigenvalue weighted by molar-refractivity contribution is 6.00. The highest BCUT2D eigenvalue weighted by Gasteiger charge is 2.16. The number of carbonyl (C=O) groups is 1. The Morgan fingerprint density at radius 3 is 2.73 bits per heavy atom. The first kappa shape index (κ1) is 15.0. The topological polar surface area (TPSA) is 123 Å². The van der Waals surface area contributed by atoms with E-state index in [1.165, 1.54) is 12.1 Å². The lowest BCUT2D eigenvalue weighted by Crippen LogP contribution is -2.12. The molecule has 0 aliphatic rings. The summed E-state index contributed by atoms with van der Waals surface area (Å²) >= 11 is 0. The molecule has 0 atom stereocenters. The van der Waals surface area contributed by atoms with Crippen molar-refractivity contribution < 1.29 is 14.1 Å². The number of nitrogens with two attached hydrogens (primary N) is 1. The zero-order valence-electron chi connectivity index (χ0n) is 11.6. The fourth-order valence-electron chi connectivity index (χ4n) is 1.96. The van der Waals surface area contributed by atoms with E-state index in [2.05, 4.69) is 0 Å². The third-order valence-electron chi connectivity index (χ3n) is 3.07. The molecule has 2 rings (SSSR count). The monoisotopic (exact) mass is 297 g/mol. The Hall–Kier alpha value is -3.40. The Labute approximate surface area is 125 Å². The van der Waals surface area contributed by atoms with E-state index in [0.717, 1.165) is 0 Å². The predicted octanol–water partition coefficient (Wildman–Crippen LogP) is 2.56. The molecule has 1 amide bonds. The van der Waals surface area contributed by atoms with Crippen LogP contribution in [0.25, 0.3) is 17.4 Å². The summed E-state index contributed by atoms with van der Waals surface area (Å²) in [6.45, 7) is 1.62. The van der Waals surface area contributed by atoms with Crippen molar-refractivity contribution in [1.82, 2.24) is 0 Å². The molecule has 0 bridgehead atoms. The molecule has 22 heavy (non-hydrogen) atoms. The van der Waals surface area contributed by atoms with Gasteiger partial charge in [-0.15, -0.1) is 0 Å². The molecular formula is C15H11N3O4. The highest BCUT2D eigenvalue weighted by Crippen LogP contribution is 2.31. The average molecular weight is 297 g/mol. The normalized spacial score (nSPS) is 11.0. The van der Waals surface area contributed by atoms with Crippen LogP contribution in [0.3, 0.4) is 0 Å². The number of rotatable bonds is 4. The SMILES string of the molecule is Cc1c(-c2ccc(C=C(C#N)C(N)=O)o2)cccc1[N+](=O)[O-]. The third kappa shape index (κ3) is 2.86. The first-order valence-electron chi connectivity index (χ1n) is 6.20. The van der Waals surface area contributed by atoms with E-state index in [-0.39, 0.29) is 17.0 Å². The quantitative estimate of drug-likeness (QED) is 0.402. The number of hydrogen-bond donors (Lipinski definition) is 1. The molecule has 110 valence electrons. The molecule has 2 aromatic rings. The van der Waals surface area contributed by atoms with Crippen LogP contribution in [0.5, 0.6) is 0 Å². The maximum atomic E-state index is 11.0. The number of furan rings is 1. The second-order valence-electron chi connectivity index (χ2n) is 4.44. The molecule has 7 nitrogen and oxygen atoms in total. The minimum absolute atomic E-state index is 0.0131. The number of hydrogen-bond acceptors (Lipinski definition) is 5. The zero-order chi connectivity index (χ0) is 16.3. The van der Waals surface area contributed by atoms with Crippen LogP contribution >= 0.6 is 0 Å². The molecule has 0 aliphatic carbocycles. The number of nitro benzene ring substituents is 1. The Morgan fingerprint density at radius 1 is 1.41 bits per heavy atom. The Balaban J connectivity index is 2.46. The van der Waals surface area contributed by atoms with Gasteiger partial charge in [0.15, 0.2) is 0 Å². The summed E-state index contributed by atoms with van der Waals surface area (Å²) in [6, 6.07) is 9.48. The number of primary amides is 1. The Bertz CT molecular complexity index is 828. The molecule has 0 spiro atoms. The van der Waals surface area contributed by atoms with Crippen LogP contribution in [-0.2, 0) is 4.79 Å².